The van der Waals surface area contributed by atoms with E-state index < -0.39 is 0 Å². The molecule has 0 bridgehead atoms. The summed E-state index contributed by atoms with van der Waals surface area (Å²) in [6.07, 6.45) is 4.23. The Hall–Kier alpha value is -0.320. The zero-order valence-electron chi connectivity index (χ0n) is 9.75. The molecule has 0 amide bonds. The molecule has 5 heteroatoms. The van der Waals surface area contributed by atoms with Crippen molar-refractivity contribution in [3.63, 3.8) is 0 Å². The Labute approximate surface area is 115 Å². The van der Waals surface area contributed by atoms with E-state index in [9.17, 15) is 0 Å². The fraction of sp³-hybridized carbons (Fsp3) is 0.583. The number of halogens is 2. The van der Waals surface area contributed by atoms with Crippen LogP contribution in [0.3, 0.4) is 0 Å². The summed E-state index contributed by atoms with van der Waals surface area (Å²) in [5.74, 6) is 1.42. The van der Waals surface area contributed by atoms with Gasteiger partial charge in [-0.1, -0.05) is 18.5 Å². The first-order valence-electron chi connectivity index (χ1n) is 5.87. The molecule has 2 unspecified atom stereocenters. The number of rotatable bonds is 4. The highest BCUT2D eigenvalue weighted by Crippen LogP contribution is 2.26. The summed E-state index contributed by atoms with van der Waals surface area (Å²) in [7, 11) is 0. The standard InChI is InChI=1S/C12H16BrClN2O/c1-2-11-8(3-4-17-11)6-15-12-10(13)5-9(14)7-16-12/h5,7-8,11H,2-4,6H2,1H3,(H,15,16). The third-order valence-corrected chi connectivity index (χ3v) is 3.90. The third kappa shape index (κ3) is 3.33. The average Bonchev–Trinajstić information content (AvgIpc) is 2.75. The number of hydrogen-bond acceptors (Lipinski definition) is 3. The van der Waals surface area contributed by atoms with E-state index in [1.165, 1.54) is 0 Å². The minimum atomic E-state index is 0.383. The SMILES string of the molecule is CCC1OCCC1CNc1ncc(Cl)cc1Br. The Morgan fingerprint density at radius 3 is 3.18 bits per heavy atom. The third-order valence-electron chi connectivity index (χ3n) is 3.09. The van der Waals surface area contributed by atoms with Gasteiger partial charge in [0, 0.05) is 25.3 Å². The zero-order chi connectivity index (χ0) is 12.3. The van der Waals surface area contributed by atoms with Crippen molar-refractivity contribution in [1.29, 1.82) is 0 Å². The van der Waals surface area contributed by atoms with Crippen LogP contribution >= 0.6 is 27.5 Å². The van der Waals surface area contributed by atoms with Crippen molar-refractivity contribution in [3.8, 4) is 0 Å². The molecule has 2 atom stereocenters. The molecule has 0 radical (unpaired) electrons. The molecule has 17 heavy (non-hydrogen) atoms. The van der Waals surface area contributed by atoms with Gasteiger partial charge < -0.3 is 10.1 Å². The first kappa shape index (κ1) is 13.1. The highest BCUT2D eigenvalue weighted by Gasteiger charge is 2.26. The predicted octanol–water partition coefficient (Wildman–Crippen LogP) is 3.72. The van der Waals surface area contributed by atoms with Gasteiger partial charge >= 0.3 is 0 Å². The van der Waals surface area contributed by atoms with Crippen LogP contribution in [0.2, 0.25) is 5.02 Å². The molecule has 94 valence electrons. The topological polar surface area (TPSA) is 34.1 Å². The van der Waals surface area contributed by atoms with Crippen molar-refractivity contribution in [1.82, 2.24) is 4.98 Å². The number of pyridine rings is 1. The average molecular weight is 320 g/mol. The normalized spacial score (nSPS) is 23.9. The van der Waals surface area contributed by atoms with Gasteiger partial charge in [-0.3, -0.25) is 0 Å². The summed E-state index contributed by atoms with van der Waals surface area (Å²) in [5, 5.41) is 3.99. The van der Waals surface area contributed by atoms with Crippen molar-refractivity contribution in [2.45, 2.75) is 25.9 Å². The Balaban J connectivity index is 1.93. The number of anilines is 1. The molecule has 1 N–H and O–H groups in total. The molecule has 0 spiro atoms. The summed E-state index contributed by atoms with van der Waals surface area (Å²) in [6.45, 7) is 3.94. The minimum absolute atomic E-state index is 0.383. The summed E-state index contributed by atoms with van der Waals surface area (Å²) < 4.78 is 6.56. The van der Waals surface area contributed by atoms with E-state index in [0.29, 0.717) is 17.0 Å². The van der Waals surface area contributed by atoms with Crippen LogP contribution in [0.15, 0.2) is 16.7 Å². The van der Waals surface area contributed by atoms with Crippen LogP contribution in [0.4, 0.5) is 5.82 Å². The highest BCUT2D eigenvalue weighted by molar-refractivity contribution is 9.10. The van der Waals surface area contributed by atoms with E-state index >= 15 is 0 Å². The van der Waals surface area contributed by atoms with Crippen LogP contribution in [0.1, 0.15) is 19.8 Å². The molecule has 2 heterocycles. The molecule has 3 nitrogen and oxygen atoms in total. The van der Waals surface area contributed by atoms with Crippen LogP contribution in [-0.2, 0) is 4.74 Å². The highest BCUT2D eigenvalue weighted by atomic mass is 79.9. The molecular weight excluding hydrogens is 304 g/mol. The number of nitrogens with zero attached hydrogens (tertiary/aromatic N) is 1. The lowest BCUT2D eigenvalue weighted by molar-refractivity contribution is 0.0900. The fourth-order valence-electron chi connectivity index (χ4n) is 2.15. The van der Waals surface area contributed by atoms with E-state index in [0.717, 1.165) is 36.3 Å². The minimum Gasteiger partial charge on any atom is -0.378 e. The van der Waals surface area contributed by atoms with Crippen molar-refractivity contribution in [2.75, 3.05) is 18.5 Å². The second-order valence-corrected chi connectivity index (χ2v) is 5.52. The molecule has 0 aromatic carbocycles. The van der Waals surface area contributed by atoms with E-state index in [1.807, 2.05) is 6.07 Å². The van der Waals surface area contributed by atoms with Crippen molar-refractivity contribution >= 4 is 33.3 Å². The number of nitrogens with one attached hydrogen (secondary N) is 1. The molecule has 1 aliphatic rings. The van der Waals surface area contributed by atoms with Crippen LogP contribution in [-0.4, -0.2) is 24.2 Å². The number of aromatic nitrogens is 1. The van der Waals surface area contributed by atoms with Gasteiger partial charge in [0.25, 0.3) is 0 Å². The van der Waals surface area contributed by atoms with Crippen LogP contribution < -0.4 is 5.32 Å². The Morgan fingerprint density at radius 1 is 1.65 bits per heavy atom. The first-order chi connectivity index (χ1) is 8.20. The van der Waals surface area contributed by atoms with Gasteiger partial charge in [-0.05, 0) is 34.8 Å². The molecule has 1 aromatic rings. The second-order valence-electron chi connectivity index (χ2n) is 4.23. The molecule has 1 fully saturated rings. The predicted molar refractivity (Wildman–Crippen MR) is 73.6 cm³/mol. The molecule has 2 rings (SSSR count). The van der Waals surface area contributed by atoms with Gasteiger partial charge in [-0.25, -0.2) is 4.98 Å². The number of hydrogen-bond donors (Lipinski definition) is 1. The van der Waals surface area contributed by atoms with E-state index in [2.05, 4.69) is 33.2 Å². The number of ether oxygens (including phenoxy) is 1. The lowest BCUT2D eigenvalue weighted by Gasteiger charge is -2.18. The Kier molecular flexibility index (Phi) is 4.65. The lowest BCUT2D eigenvalue weighted by Crippen LogP contribution is -2.23. The van der Waals surface area contributed by atoms with Gasteiger partial charge in [0.2, 0.25) is 0 Å². The molecule has 1 aliphatic heterocycles. The maximum absolute atomic E-state index is 5.85. The first-order valence-corrected chi connectivity index (χ1v) is 7.04. The molecule has 0 saturated carbocycles. The monoisotopic (exact) mass is 318 g/mol. The smallest absolute Gasteiger partial charge is 0.140 e. The maximum atomic E-state index is 5.85. The van der Waals surface area contributed by atoms with E-state index in [1.54, 1.807) is 6.20 Å². The molecule has 1 aromatic heterocycles. The fourth-order valence-corrected chi connectivity index (χ4v) is 2.93. The van der Waals surface area contributed by atoms with Crippen LogP contribution in [0, 0.1) is 5.92 Å². The largest absolute Gasteiger partial charge is 0.378 e. The van der Waals surface area contributed by atoms with Crippen molar-refractivity contribution in [3.05, 3.63) is 21.8 Å². The van der Waals surface area contributed by atoms with Gasteiger partial charge in [-0.2, -0.15) is 0 Å². The Morgan fingerprint density at radius 2 is 2.47 bits per heavy atom. The van der Waals surface area contributed by atoms with Crippen LogP contribution in [0.5, 0.6) is 0 Å². The molecular formula is C12H16BrClN2O. The molecule has 1 saturated heterocycles. The van der Waals surface area contributed by atoms with E-state index in [-0.39, 0.29) is 0 Å². The Bertz CT molecular complexity index is 389. The summed E-state index contributed by atoms with van der Waals surface area (Å²) in [6, 6.07) is 1.85. The van der Waals surface area contributed by atoms with Gasteiger partial charge in [0.1, 0.15) is 5.82 Å². The quantitative estimate of drug-likeness (QED) is 0.918. The van der Waals surface area contributed by atoms with Gasteiger partial charge in [0.15, 0.2) is 0 Å². The zero-order valence-corrected chi connectivity index (χ0v) is 12.1. The summed E-state index contributed by atoms with van der Waals surface area (Å²) in [5.41, 5.74) is 0. The summed E-state index contributed by atoms with van der Waals surface area (Å²) >= 11 is 9.30. The van der Waals surface area contributed by atoms with Gasteiger partial charge in [-0.15, -0.1) is 0 Å². The lowest BCUT2D eigenvalue weighted by atomic mass is 10.00. The van der Waals surface area contributed by atoms with Crippen molar-refractivity contribution < 1.29 is 4.74 Å². The second kappa shape index (κ2) is 6.03. The maximum Gasteiger partial charge on any atom is 0.140 e. The van der Waals surface area contributed by atoms with Crippen LogP contribution in [0.25, 0.3) is 0 Å². The van der Waals surface area contributed by atoms with E-state index in [4.69, 9.17) is 16.3 Å². The van der Waals surface area contributed by atoms with Gasteiger partial charge in [0.05, 0.1) is 15.6 Å². The molecule has 0 aliphatic carbocycles. The van der Waals surface area contributed by atoms with Crippen molar-refractivity contribution in [2.24, 2.45) is 5.92 Å². The summed E-state index contributed by atoms with van der Waals surface area (Å²) in [4.78, 5) is 4.26.